The van der Waals surface area contributed by atoms with E-state index in [-0.39, 0.29) is 5.75 Å². The molecule has 0 aromatic heterocycles. The van der Waals surface area contributed by atoms with Crippen LogP contribution in [0.2, 0.25) is 5.02 Å². The largest absolute Gasteiger partial charge is 0.507 e. The van der Waals surface area contributed by atoms with Crippen molar-refractivity contribution < 1.29 is 9.84 Å². The zero-order valence-electron chi connectivity index (χ0n) is 9.18. The second-order valence-electron chi connectivity index (χ2n) is 3.39. The Balaban J connectivity index is 2.21. The van der Waals surface area contributed by atoms with Crippen LogP contribution in [0.1, 0.15) is 0 Å². The van der Waals surface area contributed by atoms with Gasteiger partial charge in [-0.2, -0.15) is 0 Å². The summed E-state index contributed by atoms with van der Waals surface area (Å²) in [6, 6.07) is 12.7. The Bertz CT molecular complexity index is 511. The topological polar surface area (TPSA) is 29.5 Å². The van der Waals surface area contributed by atoms with E-state index in [1.165, 1.54) is 11.8 Å². The molecule has 2 nitrogen and oxygen atoms in total. The Hall–Kier alpha value is -1.32. The Morgan fingerprint density at radius 3 is 2.41 bits per heavy atom. The van der Waals surface area contributed by atoms with E-state index in [1.54, 1.807) is 13.2 Å². The zero-order chi connectivity index (χ0) is 12.3. The Labute approximate surface area is 109 Å². The number of hydrogen-bond donors (Lipinski definition) is 1. The van der Waals surface area contributed by atoms with Gasteiger partial charge in [0.2, 0.25) is 0 Å². The first-order valence-corrected chi connectivity index (χ1v) is 6.19. The Morgan fingerprint density at radius 2 is 1.82 bits per heavy atom. The molecule has 4 heteroatoms. The summed E-state index contributed by atoms with van der Waals surface area (Å²) in [5.41, 5.74) is 0. The van der Waals surface area contributed by atoms with E-state index in [2.05, 4.69) is 0 Å². The lowest BCUT2D eigenvalue weighted by Crippen LogP contribution is -1.82. The highest BCUT2D eigenvalue weighted by Crippen LogP contribution is 2.36. The maximum absolute atomic E-state index is 9.81. The van der Waals surface area contributed by atoms with E-state index in [1.807, 2.05) is 36.4 Å². The van der Waals surface area contributed by atoms with Crippen molar-refractivity contribution in [3.63, 3.8) is 0 Å². The number of phenols is 1. The average molecular weight is 267 g/mol. The van der Waals surface area contributed by atoms with Crippen LogP contribution in [0.15, 0.2) is 52.3 Å². The van der Waals surface area contributed by atoms with Crippen molar-refractivity contribution in [2.45, 2.75) is 9.79 Å². The lowest BCUT2D eigenvalue weighted by Gasteiger charge is -2.06. The molecule has 0 spiro atoms. The van der Waals surface area contributed by atoms with E-state index in [9.17, 15) is 5.11 Å². The highest BCUT2D eigenvalue weighted by molar-refractivity contribution is 7.99. The number of methoxy groups -OCH3 is 1. The summed E-state index contributed by atoms with van der Waals surface area (Å²) >= 11 is 7.29. The van der Waals surface area contributed by atoms with Crippen LogP contribution in [0.5, 0.6) is 11.5 Å². The lowest BCUT2D eigenvalue weighted by molar-refractivity contribution is 0.405. The zero-order valence-corrected chi connectivity index (χ0v) is 10.8. The van der Waals surface area contributed by atoms with Crippen LogP contribution in [0.3, 0.4) is 0 Å². The average Bonchev–Trinajstić information content (AvgIpc) is 2.34. The second kappa shape index (κ2) is 5.34. The van der Waals surface area contributed by atoms with Crippen molar-refractivity contribution in [2.24, 2.45) is 0 Å². The maximum atomic E-state index is 9.81. The Morgan fingerprint density at radius 1 is 1.12 bits per heavy atom. The summed E-state index contributed by atoms with van der Waals surface area (Å²) in [6.45, 7) is 0. The summed E-state index contributed by atoms with van der Waals surface area (Å²) in [7, 11) is 1.57. The molecule has 0 fully saturated rings. The quantitative estimate of drug-likeness (QED) is 0.903. The molecule has 0 aliphatic heterocycles. The molecule has 1 N–H and O–H groups in total. The van der Waals surface area contributed by atoms with Crippen molar-refractivity contribution in [3.05, 3.63) is 47.5 Å². The molecule has 2 rings (SSSR count). The van der Waals surface area contributed by atoms with Gasteiger partial charge in [0.15, 0.2) is 0 Å². The molecule has 2 aromatic rings. The molecular weight excluding hydrogens is 256 g/mol. The molecule has 0 bridgehead atoms. The maximum Gasteiger partial charge on any atom is 0.133 e. The molecular formula is C13H11ClO2S. The molecule has 0 aliphatic rings. The van der Waals surface area contributed by atoms with Gasteiger partial charge in [0.1, 0.15) is 11.5 Å². The fourth-order valence-electron chi connectivity index (χ4n) is 1.34. The molecule has 88 valence electrons. The van der Waals surface area contributed by atoms with Crippen LogP contribution in [0, 0.1) is 0 Å². The van der Waals surface area contributed by atoms with Gasteiger partial charge in [-0.05, 0) is 36.4 Å². The molecule has 0 unspecified atom stereocenters. The lowest BCUT2D eigenvalue weighted by atomic mass is 10.3. The minimum atomic E-state index is 0.212. The number of rotatable bonds is 3. The standard InChI is InChI=1S/C13H11ClO2S/c1-16-10-4-7-13(12(15)8-10)17-11-5-2-9(14)3-6-11/h2-8,15H,1H3. The van der Waals surface area contributed by atoms with E-state index in [4.69, 9.17) is 16.3 Å². The van der Waals surface area contributed by atoms with Gasteiger partial charge in [-0.15, -0.1) is 0 Å². The van der Waals surface area contributed by atoms with Crippen LogP contribution >= 0.6 is 23.4 Å². The van der Waals surface area contributed by atoms with Crippen LogP contribution in [0.4, 0.5) is 0 Å². The van der Waals surface area contributed by atoms with Gasteiger partial charge in [-0.3, -0.25) is 0 Å². The van der Waals surface area contributed by atoms with Crippen molar-refractivity contribution in [2.75, 3.05) is 7.11 Å². The number of phenolic OH excluding ortho intramolecular Hbond substituents is 1. The van der Waals surface area contributed by atoms with Crippen molar-refractivity contribution in [3.8, 4) is 11.5 Å². The van der Waals surface area contributed by atoms with Crippen LogP contribution < -0.4 is 4.74 Å². The molecule has 0 amide bonds. The minimum absolute atomic E-state index is 0.212. The fourth-order valence-corrected chi connectivity index (χ4v) is 2.29. The molecule has 0 saturated heterocycles. The first kappa shape index (κ1) is 12.1. The first-order valence-electron chi connectivity index (χ1n) is 4.99. The van der Waals surface area contributed by atoms with Gasteiger partial charge in [-0.1, -0.05) is 23.4 Å². The highest BCUT2D eigenvalue weighted by atomic mass is 35.5. The van der Waals surface area contributed by atoms with Crippen LogP contribution in [0.25, 0.3) is 0 Å². The molecule has 2 aromatic carbocycles. The van der Waals surface area contributed by atoms with E-state index in [0.29, 0.717) is 10.8 Å². The molecule has 0 aliphatic carbocycles. The van der Waals surface area contributed by atoms with E-state index < -0.39 is 0 Å². The van der Waals surface area contributed by atoms with Gasteiger partial charge in [-0.25, -0.2) is 0 Å². The van der Waals surface area contributed by atoms with Gasteiger partial charge in [0.05, 0.1) is 12.0 Å². The van der Waals surface area contributed by atoms with Gasteiger partial charge in [0.25, 0.3) is 0 Å². The third-order valence-corrected chi connectivity index (χ3v) is 3.53. The predicted octanol–water partition coefficient (Wildman–Crippen LogP) is 4.21. The van der Waals surface area contributed by atoms with Gasteiger partial charge < -0.3 is 9.84 Å². The summed E-state index contributed by atoms with van der Waals surface area (Å²) in [6.07, 6.45) is 0. The number of ether oxygens (including phenoxy) is 1. The normalized spacial score (nSPS) is 10.2. The summed E-state index contributed by atoms with van der Waals surface area (Å²) in [4.78, 5) is 1.81. The highest BCUT2D eigenvalue weighted by Gasteiger charge is 2.05. The molecule has 0 saturated carbocycles. The molecule has 17 heavy (non-hydrogen) atoms. The van der Waals surface area contributed by atoms with Crippen LogP contribution in [-0.4, -0.2) is 12.2 Å². The van der Waals surface area contributed by atoms with Crippen molar-refractivity contribution in [1.29, 1.82) is 0 Å². The summed E-state index contributed by atoms with van der Waals surface area (Å²) < 4.78 is 5.03. The van der Waals surface area contributed by atoms with Gasteiger partial charge >= 0.3 is 0 Å². The number of halogens is 1. The third kappa shape index (κ3) is 3.08. The monoisotopic (exact) mass is 266 g/mol. The first-order chi connectivity index (χ1) is 8.19. The minimum Gasteiger partial charge on any atom is -0.507 e. The fraction of sp³-hybridized carbons (Fsp3) is 0.0769. The number of benzene rings is 2. The third-order valence-electron chi connectivity index (χ3n) is 2.21. The van der Waals surface area contributed by atoms with E-state index in [0.717, 1.165) is 9.79 Å². The van der Waals surface area contributed by atoms with Crippen LogP contribution in [-0.2, 0) is 0 Å². The van der Waals surface area contributed by atoms with Gasteiger partial charge in [0, 0.05) is 16.0 Å². The predicted molar refractivity (Wildman–Crippen MR) is 70.2 cm³/mol. The second-order valence-corrected chi connectivity index (χ2v) is 4.94. The Kier molecular flexibility index (Phi) is 3.82. The van der Waals surface area contributed by atoms with Crippen molar-refractivity contribution in [1.82, 2.24) is 0 Å². The molecule has 0 radical (unpaired) electrons. The molecule has 0 heterocycles. The van der Waals surface area contributed by atoms with Crippen molar-refractivity contribution >= 4 is 23.4 Å². The SMILES string of the molecule is COc1ccc(Sc2ccc(Cl)cc2)c(O)c1. The summed E-state index contributed by atoms with van der Waals surface area (Å²) in [5, 5.41) is 10.5. The summed E-state index contributed by atoms with van der Waals surface area (Å²) in [5.74, 6) is 0.854. The smallest absolute Gasteiger partial charge is 0.133 e. The number of hydrogen-bond acceptors (Lipinski definition) is 3. The molecule has 0 atom stereocenters. The van der Waals surface area contributed by atoms with E-state index >= 15 is 0 Å². The number of aromatic hydroxyl groups is 1.